The number of benzene rings is 3. The van der Waals surface area contributed by atoms with E-state index < -0.39 is 0 Å². The van der Waals surface area contributed by atoms with E-state index in [1.807, 2.05) is 6.07 Å². The molecule has 0 heterocycles. The van der Waals surface area contributed by atoms with Crippen LogP contribution in [0.25, 0.3) is 45.7 Å². The molecule has 4 aromatic rings. The summed E-state index contributed by atoms with van der Waals surface area (Å²) < 4.78 is 0. The minimum Gasteiger partial charge on any atom is -0.0912 e. The zero-order valence-electron chi connectivity index (χ0n) is 22.6. The molecular formula is C40H32. The van der Waals surface area contributed by atoms with Crippen LogP contribution < -0.4 is 10.4 Å². The van der Waals surface area contributed by atoms with E-state index in [0.29, 0.717) is 11.8 Å². The van der Waals surface area contributed by atoms with Gasteiger partial charge in [-0.25, -0.2) is 0 Å². The summed E-state index contributed by atoms with van der Waals surface area (Å²) in [6.45, 7) is 8.90. The van der Waals surface area contributed by atoms with Crippen LogP contribution in [0.3, 0.4) is 0 Å². The Kier molecular flexibility index (Phi) is 7.24. The number of hydrogen-bond acceptors (Lipinski definition) is 0. The van der Waals surface area contributed by atoms with Gasteiger partial charge in [0.1, 0.15) is 0 Å². The fourth-order valence-electron chi connectivity index (χ4n) is 5.69. The summed E-state index contributed by atoms with van der Waals surface area (Å²) in [5, 5.41) is 4.43. The number of fused-ring (bicyclic) bond motifs is 2. The molecule has 6 rings (SSSR count). The Hall–Kier alpha value is -4.94. The Morgan fingerprint density at radius 3 is 2.15 bits per heavy atom. The van der Waals surface area contributed by atoms with E-state index in [1.54, 1.807) is 0 Å². The first kappa shape index (κ1) is 25.3. The molecule has 0 aromatic heterocycles. The lowest BCUT2D eigenvalue weighted by molar-refractivity contribution is 0.678. The fraction of sp³-hybridized carbons (Fsp3) is 0.0500. The lowest BCUT2D eigenvalue weighted by atomic mass is 9.76. The first-order valence-electron chi connectivity index (χ1n) is 13.8. The van der Waals surface area contributed by atoms with Crippen LogP contribution in [0.2, 0.25) is 0 Å². The monoisotopic (exact) mass is 512 g/mol. The van der Waals surface area contributed by atoms with Gasteiger partial charge in [0.2, 0.25) is 0 Å². The second-order valence-electron chi connectivity index (χ2n) is 10.3. The van der Waals surface area contributed by atoms with E-state index in [1.165, 1.54) is 33.0 Å². The van der Waals surface area contributed by atoms with Gasteiger partial charge < -0.3 is 0 Å². The minimum atomic E-state index is 0.317. The van der Waals surface area contributed by atoms with Crippen molar-refractivity contribution in [3.05, 3.63) is 180 Å². The van der Waals surface area contributed by atoms with Gasteiger partial charge in [-0.3, -0.25) is 0 Å². The Morgan fingerprint density at radius 1 is 0.625 bits per heavy atom. The van der Waals surface area contributed by atoms with Gasteiger partial charge in [0.25, 0.3) is 0 Å². The van der Waals surface area contributed by atoms with E-state index in [9.17, 15) is 0 Å². The third-order valence-electron chi connectivity index (χ3n) is 7.75. The SMILES string of the molecule is C=C(C=c1cc(-c2ccccc2)ccc1=C)c1ccccccc(C2=CC=CC3C=CC=CC23)c2ccccc12. The Balaban J connectivity index is 1.55. The maximum absolute atomic E-state index is 4.58. The molecule has 2 atom stereocenters. The van der Waals surface area contributed by atoms with Gasteiger partial charge >= 0.3 is 0 Å². The fourth-order valence-corrected chi connectivity index (χ4v) is 5.69. The Labute approximate surface area is 237 Å². The predicted octanol–water partition coefficient (Wildman–Crippen LogP) is 8.85. The van der Waals surface area contributed by atoms with Crippen LogP contribution in [0, 0.1) is 11.8 Å². The molecule has 40 heavy (non-hydrogen) atoms. The molecule has 0 radical (unpaired) electrons. The van der Waals surface area contributed by atoms with Crippen molar-refractivity contribution in [2.24, 2.45) is 11.8 Å². The first-order chi connectivity index (χ1) is 19.7. The second kappa shape index (κ2) is 11.4. The topological polar surface area (TPSA) is 0 Å². The third-order valence-corrected chi connectivity index (χ3v) is 7.75. The highest BCUT2D eigenvalue weighted by Gasteiger charge is 2.24. The van der Waals surface area contributed by atoms with E-state index in [4.69, 9.17) is 0 Å². The standard InChI is InChI=1S/C40H32/c1-29-25-26-33(31-15-6-5-7-16-31)28-34(29)27-30(2)35-19-8-3-4-9-21-40(39-23-13-12-22-37(35)39)38-24-14-18-32-17-10-11-20-36(32)38/h3-28,32,36H,1-2H2. The smallest absolute Gasteiger partial charge is 0.0125 e. The van der Waals surface area contributed by atoms with E-state index in [0.717, 1.165) is 21.6 Å². The summed E-state index contributed by atoms with van der Waals surface area (Å²) >= 11 is 0. The molecule has 0 bridgehead atoms. The molecule has 0 saturated carbocycles. The molecule has 0 aliphatic heterocycles. The van der Waals surface area contributed by atoms with Gasteiger partial charge in [0, 0.05) is 11.8 Å². The van der Waals surface area contributed by atoms with Crippen molar-refractivity contribution in [1.29, 1.82) is 0 Å². The van der Waals surface area contributed by atoms with Crippen molar-refractivity contribution >= 4 is 34.6 Å². The Bertz CT molecular complexity index is 1880. The van der Waals surface area contributed by atoms with Gasteiger partial charge in [-0.1, -0.05) is 159 Å². The number of allylic oxidation sites excluding steroid dienone is 9. The van der Waals surface area contributed by atoms with Crippen LogP contribution in [0.5, 0.6) is 0 Å². The van der Waals surface area contributed by atoms with Gasteiger partial charge in [-0.05, 0) is 66.8 Å². The molecular weight excluding hydrogens is 480 g/mol. The molecule has 0 N–H and O–H groups in total. The lowest BCUT2D eigenvalue weighted by Crippen LogP contribution is -2.22. The zero-order chi connectivity index (χ0) is 27.3. The van der Waals surface area contributed by atoms with Crippen molar-refractivity contribution < 1.29 is 0 Å². The maximum atomic E-state index is 4.58. The summed E-state index contributed by atoms with van der Waals surface area (Å²) in [6, 6.07) is 38.5. The second-order valence-corrected chi connectivity index (χ2v) is 10.3. The molecule has 2 aliphatic rings. The minimum absolute atomic E-state index is 0.317. The lowest BCUT2D eigenvalue weighted by Gasteiger charge is -2.27. The van der Waals surface area contributed by atoms with Crippen LogP contribution >= 0.6 is 0 Å². The van der Waals surface area contributed by atoms with Crippen molar-refractivity contribution in [2.75, 3.05) is 0 Å². The summed E-state index contributed by atoms with van der Waals surface area (Å²) in [5.74, 6) is 0.695. The highest BCUT2D eigenvalue weighted by Crippen LogP contribution is 2.39. The normalized spacial score (nSPS) is 17.7. The molecule has 4 aromatic carbocycles. The van der Waals surface area contributed by atoms with Gasteiger partial charge in [-0.15, -0.1) is 0 Å². The molecule has 2 unspecified atom stereocenters. The molecule has 0 fully saturated rings. The largest absolute Gasteiger partial charge is 0.0912 e. The van der Waals surface area contributed by atoms with Gasteiger partial charge in [-0.2, -0.15) is 0 Å². The highest BCUT2D eigenvalue weighted by atomic mass is 14.3. The van der Waals surface area contributed by atoms with Crippen molar-refractivity contribution in [2.45, 2.75) is 0 Å². The maximum Gasteiger partial charge on any atom is 0.0125 e. The van der Waals surface area contributed by atoms with Crippen molar-refractivity contribution in [3.8, 4) is 11.1 Å². The van der Waals surface area contributed by atoms with Crippen LogP contribution in [-0.4, -0.2) is 0 Å². The average Bonchev–Trinajstić information content (AvgIpc) is 3.00. The zero-order valence-corrected chi connectivity index (χ0v) is 22.6. The van der Waals surface area contributed by atoms with Gasteiger partial charge in [0.05, 0.1) is 0 Å². The molecule has 0 nitrogen and oxygen atoms in total. The van der Waals surface area contributed by atoms with Crippen LogP contribution in [0.4, 0.5) is 0 Å². The van der Waals surface area contributed by atoms with E-state index in [2.05, 4.69) is 165 Å². The quantitative estimate of drug-likeness (QED) is 0.256. The van der Waals surface area contributed by atoms with Crippen LogP contribution in [0.1, 0.15) is 11.1 Å². The highest BCUT2D eigenvalue weighted by molar-refractivity contribution is 6.03. The van der Waals surface area contributed by atoms with Crippen LogP contribution in [-0.2, 0) is 0 Å². The number of hydrogen-bond donors (Lipinski definition) is 0. The Morgan fingerprint density at radius 2 is 1.30 bits per heavy atom. The summed E-state index contributed by atoms with van der Waals surface area (Å²) in [6.07, 6.45) is 17.9. The summed E-state index contributed by atoms with van der Waals surface area (Å²) in [4.78, 5) is 0. The van der Waals surface area contributed by atoms with Crippen molar-refractivity contribution in [1.82, 2.24) is 0 Å². The molecule has 0 spiro atoms. The molecule has 2 aliphatic carbocycles. The summed E-state index contributed by atoms with van der Waals surface area (Å²) in [5.41, 5.74) is 6.98. The van der Waals surface area contributed by atoms with E-state index >= 15 is 0 Å². The van der Waals surface area contributed by atoms with Crippen LogP contribution in [0.15, 0.2) is 158 Å². The first-order valence-corrected chi connectivity index (χ1v) is 13.8. The van der Waals surface area contributed by atoms with E-state index in [-0.39, 0.29) is 0 Å². The average molecular weight is 513 g/mol. The predicted molar refractivity (Wildman–Crippen MR) is 174 cm³/mol. The third kappa shape index (κ3) is 5.17. The number of rotatable bonds is 4. The van der Waals surface area contributed by atoms with Gasteiger partial charge in [0.15, 0.2) is 0 Å². The molecule has 0 amide bonds. The van der Waals surface area contributed by atoms with Crippen molar-refractivity contribution in [3.63, 3.8) is 0 Å². The molecule has 192 valence electrons. The molecule has 0 heteroatoms. The summed E-state index contributed by atoms with van der Waals surface area (Å²) in [7, 11) is 0. The molecule has 0 saturated heterocycles.